The summed E-state index contributed by atoms with van der Waals surface area (Å²) in [6, 6.07) is 10.5. The van der Waals surface area contributed by atoms with Gasteiger partial charge in [-0.15, -0.1) is 0 Å². The molecule has 1 aromatic carbocycles. The Labute approximate surface area is 148 Å². The maximum Gasteiger partial charge on any atom is 0.291 e. The van der Waals surface area contributed by atoms with Crippen LogP contribution in [0.4, 0.5) is 5.69 Å². The lowest BCUT2D eigenvalue weighted by atomic mass is 10.1. The number of halogens is 1. The SMILES string of the molecule is CC1CN(C(=O)c2cccc(NC(=O)c3ccc(Br)o3)c2)CCN1. The Kier molecular flexibility index (Phi) is 5.01. The standard InChI is InChI=1S/C17H18BrN3O3/c1-11-10-21(8-7-19-11)17(23)12-3-2-4-13(9-12)20-16(22)14-5-6-15(18)24-14/h2-6,9,11,19H,7-8,10H2,1H3,(H,20,22). The molecule has 24 heavy (non-hydrogen) atoms. The molecule has 126 valence electrons. The number of hydrogen-bond acceptors (Lipinski definition) is 4. The van der Waals surface area contributed by atoms with E-state index in [2.05, 4.69) is 33.5 Å². The predicted octanol–water partition coefficient (Wildman–Crippen LogP) is 2.73. The summed E-state index contributed by atoms with van der Waals surface area (Å²) in [6.45, 7) is 4.20. The number of nitrogens with one attached hydrogen (secondary N) is 2. The van der Waals surface area contributed by atoms with Crippen LogP contribution in [0, 0.1) is 0 Å². The minimum Gasteiger partial charge on any atom is -0.444 e. The number of nitrogens with zero attached hydrogens (tertiary/aromatic N) is 1. The fourth-order valence-corrected chi connectivity index (χ4v) is 2.96. The zero-order chi connectivity index (χ0) is 17.1. The van der Waals surface area contributed by atoms with Crippen molar-refractivity contribution in [1.29, 1.82) is 0 Å². The van der Waals surface area contributed by atoms with Crippen LogP contribution in [0.5, 0.6) is 0 Å². The van der Waals surface area contributed by atoms with Crippen LogP contribution in [0.25, 0.3) is 0 Å². The van der Waals surface area contributed by atoms with Crippen LogP contribution in [0.3, 0.4) is 0 Å². The Morgan fingerprint density at radius 3 is 2.88 bits per heavy atom. The molecule has 0 spiro atoms. The van der Waals surface area contributed by atoms with Crippen LogP contribution in [0.1, 0.15) is 27.8 Å². The molecule has 0 saturated carbocycles. The highest BCUT2D eigenvalue weighted by Gasteiger charge is 2.22. The molecule has 0 aliphatic carbocycles. The van der Waals surface area contributed by atoms with Crippen LogP contribution < -0.4 is 10.6 Å². The van der Waals surface area contributed by atoms with Gasteiger partial charge in [-0.05, 0) is 53.2 Å². The van der Waals surface area contributed by atoms with Crippen LogP contribution in [0.2, 0.25) is 0 Å². The largest absolute Gasteiger partial charge is 0.444 e. The first kappa shape index (κ1) is 16.7. The van der Waals surface area contributed by atoms with E-state index in [1.165, 1.54) is 0 Å². The second-order valence-electron chi connectivity index (χ2n) is 5.75. The molecule has 6 nitrogen and oxygen atoms in total. The van der Waals surface area contributed by atoms with E-state index >= 15 is 0 Å². The molecule has 2 amide bonds. The maximum atomic E-state index is 12.6. The van der Waals surface area contributed by atoms with Crippen molar-refractivity contribution >= 4 is 33.4 Å². The van der Waals surface area contributed by atoms with Gasteiger partial charge in [-0.25, -0.2) is 0 Å². The number of rotatable bonds is 3. The highest BCUT2D eigenvalue weighted by Crippen LogP contribution is 2.18. The fraction of sp³-hybridized carbons (Fsp3) is 0.294. The highest BCUT2D eigenvalue weighted by atomic mass is 79.9. The van der Waals surface area contributed by atoms with Gasteiger partial charge in [0.1, 0.15) is 0 Å². The van der Waals surface area contributed by atoms with Gasteiger partial charge >= 0.3 is 0 Å². The molecule has 1 atom stereocenters. The van der Waals surface area contributed by atoms with E-state index in [0.29, 0.717) is 29.0 Å². The summed E-state index contributed by atoms with van der Waals surface area (Å²) in [5, 5.41) is 6.05. The Hall–Kier alpha value is -2.12. The first-order chi connectivity index (χ1) is 11.5. The van der Waals surface area contributed by atoms with Crippen molar-refractivity contribution in [1.82, 2.24) is 10.2 Å². The Bertz CT molecular complexity index is 759. The average molecular weight is 392 g/mol. The van der Waals surface area contributed by atoms with E-state index in [4.69, 9.17) is 4.42 Å². The van der Waals surface area contributed by atoms with Crippen molar-refractivity contribution in [2.75, 3.05) is 25.0 Å². The third-order valence-electron chi connectivity index (χ3n) is 3.82. The summed E-state index contributed by atoms with van der Waals surface area (Å²) < 4.78 is 5.71. The van der Waals surface area contributed by atoms with Gasteiger partial charge in [-0.3, -0.25) is 9.59 Å². The maximum absolute atomic E-state index is 12.6. The van der Waals surface area contributed by atoms with Crippen LogP contribution in [-0.2, 0) is 0 Å². The number of furan rings is 1. The van der Waals surface area contributed by atoms with Crippen molar-refractivity contribution in [2.45, 2.75) is 13.0 Å². The van der Waals surface area contributed by atoms with E-state index in [1.54, 1.807) is 36.4 Å². The van der Waals surface area contributed by atoms with E-state index in [-0.39, 0.29) is 23.6 Å². The smallest absolute Gasteiger partial charge is 0.291 e. The van der Waals surface area contributed by atoms with E-state index in [0.717, 1.165) is 6.54 Å². The van der Waals surface area contributed by atoms with E-state index < -0.39 is 0 Å². The minimum absolute atomic E-state index is 0.0276. The topological polar surface area (TPSA) is 74.6 Å². The second-order valence-corrected chi connectivity index (χ2v) is 6.53. The van der Waals surface area contributed by atoms with Crippen molar-refractivity contribution in [2.24, 2.45) is 0 Å². The molecule has 2 aromatic rings. The summed E-state index contributed by atoms with van der Waals surface area (Å²) in [7, 11) is 0. The average Bonchev–Trinajstić information content (AvgIpc) is 3.01. The van der Waals surface area contributed by atoms with Gasteiger partial charge in [0.25, 0.3) is 11.8 Å². The Morgan fingerprint density at radius 1 is 1.33 bits per heavy atom. The van der Waals surface area contributed by atoms with Gasteiger partial charge in [0.05, 0.1) is 0 Å². The molecule has 2 heterocycles. The summed E-state index contributed by atoms with van der Waals surface area (Å²) in [5.41, 5.74) is 1.11. The number of amides is 2. The number of piperazine rings is 1. The van der Waals surface area contributed by atoms with Gasteiger partial charge in [0.15, 0.2) is 10.4 Å². The molecule has 1 saturated heterocycles. The Morgan fingerprint density at radius 2 is 2.17 bits per heavy atom. The molecular formula is C17H18BrN3O3. The van der Waals surface area contributed by atoms with Crippen molar-refractivity contribution in [3.05, 3.63) is 52.4 Å². The molecule has 0 bridgehead atoms. The molecule has 0 radical (unpaired) electrons. The summed E-state index contributed by atoms with van der Waals surface area (Å²) in [4.78, 5) is 26.6. The minimum atomic E-state index is -0.360. The van der Waals surface area contributed by atoms with Crippen LogP contribution >= 0.6 is 15.9 Å². The third kappa shape index (κ3) is 3.85. The molecule has 1 unspecified atom stereocenters. The first-order valence-electron chi connectivity index (χ1n) is 7.72. The van der Waals surface area contributed by atoms with E-state index in [9.17, 15) is 9.59 Å². The Balaban J connectivity index is 1.71. The molecule has 3 rings (SSSR count). The summed E-state index contributed by atoms with van der Waals surface area (Å²) in [5.74, 6) is -0.184. The number of hydrogen-bond donors (Lipinski definition) is 2. The molecule has 1 aliphatic heterocycles. The zero-order valence-electron chi connectivity index (χ0n) is 13.2. The first-order valence-corrected chi connectivity index (χ1v) is 8.51. The molecular weight excluding hydrogens is 374 g/mol. The lowest BCUT2D eigenvalue weighted by Crippen LogP contribution is -2.51. The fourth-order valence-electron chi connectivity index (χ4n) is 2.66. The normalized spacial score (nSPS) is 17.6. The van der Waals surface area contributed by atoms with Crippen molar-refractivity contribution in [3.63, 3.8) is 0 Å². The quantitative estimate of drug-likeness (QED) is 0.843. The summed E-state index contributed by atoms with van der Waals surface area (Å²) in [6.07, 6.45) is 0. The highest BCUT2D eigenvalue weighted by molar-refractivity contribution is 9.10. The molecule has 1 aliphatic rings. The van der Waals surface area contributed by atoms with Gasteiger partial charge in [0, 0.05) is 36.9 Å². The van der Waals surface area contributed by atoms with Gasteiger partial charge in [0.2, 0.25) is 0 Å². The van der Waals surface area contributed by atoms with Gasteiger partial charge < -0.3 is 20.0 Å². The molecule has 2 N–H and O–H groups in total. The van der Waals surface area contributed by atoms with Crippen molar-refractivity contribution < 1.29 is 14.0 Å². The number of anilines is 1. The van der Waals surface area contributed by atoms with Gasteiger partial charge in [-0.2, -0.15) is 0 Å². The number of carbonyl (C=O) groups is 2. The number of benzene rings is 1. The second kappa shape index (κ2) is 7.19. The molecule has 1 aromatic heterocycles. The van der Waals surface area contributed by atoms with E-state index in [1.807, 2.05) is 4.90 Å². The van der Waals surface area contributed by atoms with Crippen molar-refractivity contribution in [3.8, 4) is 0 Å². The molecule has 1 fully saturated rings. The van der Waals surface area contributed by atoms with Gasteiger partial charge in [-0.1, -0.05) is 6.07 Å². The monoisotopic (exact) mass is 391 g/mol. The number of carbonyl (C=O) groups excluding carboxylic acids is 2. The lowest BCUT2D eigenvalue weighted by Gasteiger charge is -2.32. The van der Waals surface area contributed by atoms with Crippen LogP contribution in [-0.4, -0.2) is 42.4 Å². The lowest BCUT2D eigenvalue weighted by molar-refractivity contribution is 0.0709. The summed E-state index contributed by atoms with van der Waals surface area (Å²) >= 11 is 3.16. The predicted molar refractivity (Wildman–Crippen MR) is 94.2 cm³/mol. The third-order valence-corrected chi connectivity index (χ3v) is 4.25. The molecule has 7 heteroatoms. The van der Waals surface area contributed by atoms with Crippen LogP contribution in [0.15, 0.2) is 45.5 Å². The zero-order valence-corrected chi connectivity index (χ0v) is 14.8.